The molecule has 4 rings (SSSR count). The second-order valence-corrected chi connectivity index (χ2v) is 9.80. The van der Waals surface area contributed by atoms with Crippen LogP contribution in [0.5, 0.6) is 0 Å². The van der Waals surface area contributed by atoms with E-state index in [0.717, 1.165) is 12.3 Å². The Kier molecular flexibility index (Phi) is 7.59. The Labute approximate surface area is 205 Å². The SMILES string of the molecule is O=C(CCN1CCCC(c2cc(C(F)(F)F)c(=O)[nH]n2)C1)N1CCN(c2ncc(C(F)(F)F)s2)CC1. The maximum Gasteiger partial charge on any atom is 0.427 e. The third kappa shape index (κ3) is 6.17. The second-order valence-electron chi connectivity index (χ2n) is 8.80. The number of rotatable bonds is 5. The van der Waals surface area contributed by atoms with Gasteiger partial charge >= 0.3 is 12.4 Å². The van der Waals surface area contributed by atoms with E-state index in [1.165, 1.54) is 0 Å². The number of anilines is 1. The van der Waals surface area contributed by atoms with Gasteiger partial charge in [0.15, 0.2) is 5.13 Å². The first-order valence-corrected chi connectivity index (χ1v) is 12.2. The quantitative estimate of drug-likeness (QED) is 0.589. The molecule has 0 spiro atoms. The minimum atomic E-state index is -4.77. The zero-order valence-electron chi connectivity index (χ0n) is 19.0. The second kappa shape index (κ2) is 10.4. The van der Waals surface area contributed by atoms with Crippen LogP contribution in [0.25, 0.3) is 0 Å². The average molecular weight is 539 g/mol. The Morgan fingerprint density at radius 3 is 2.44 bits per heavy atom. The summed E-state index contributed by atoms with van der Waals surface area (Å²) in [6.07, 6.45) is -6.83. The van der Waals surface area contributed by atoms with E-state index in [1.807, 2.05) is 10.00 Å². The Bertz CT molecular complexity index is 1130. The molecule has 8 nitrogen and oxygen atoms in total. The summed E-state index contributed by atoms with van der Waals surface area (Å²) >= 11 is 0.579. The zero-order chi connectivity index (χ0) is 26.1. The van der Waals surface area contributed by atoms with Crippen LogP contribution >= 0.6 is 11.3 Å². The topological polar surface area (TPSA) is 85.4 Å². The van der Waals surface area contributed by atoms with Crippen molar-refractivity contribution in [3.05, 3.63) is 38.8 Å². The molecule has 2 aromatic heterocycles. The molecule has 0 aromatic carbocycles. The van der Waals surface area contributed by atoms with Gasteiger partial charge in [-0.15, -0.1) is 0 Å². The first-order chi connectivity index (χ1) is 16.9. The van der Waals surface area contributed by atoms with Crippen LogP contribution in [0.1, 0.15) is 41.3 Å². The minimum Gasteiger partial charge on any atom is -0.345 e. The number of carbonyl (C=O) groups excluding carboxylic acids is 1. The Hall–Kier alpha value is -2.68. The van der Waals surface area contributed by atoms with Crippen LogP contribution in [0.15, 0.2) is 17.1 Å². The van der Waals surface area contributed by atoms with Crippen LogP contribution in [-0.2, 0) is 17.1 Å². The van der Waals surface area contributed by atoms with E-state index in [9.17, 15) is 35.9 Å². The number of aromatic amines is 1. The van der Waals surface area contributed by atoms with Crippen molar-refractivity contribution in [3.63, 3.8) is 0 Å². The lowest BCUT2D eigenvalue weighted by atomic mass is 9.93. The van der Waals surface area contributed by atoms with Gasteiger partial charge in [0.25, 0.3) is 5.56 Å². The minimum absolute atomic E-state index is 0.0894. The summed E-state index contributed by atoms with van der Waals surface area (Å²) in [6.45, 7) is 3.02. The number of amides is 1. The molecule has 4 heterocycles. The number of H-pyrrole nitrogens is 1. The van der Waals surface area contributed by atoms with Crippen LogP contribution in [-0.4, -0.2) is 76.7 Å². The summed E-state index contributed by atoms with van der Waals surface area (Å²) in [5.74, 6) is -0.386. The summed E-state index contributed by atoms with van der Waals surface area (Å²) in [4.78, 5) is 32.7. The predicted molar refractivity (Wildman–Crippen MR) is 119 cm³/mol. The maximum atomic E-state index is 13.1. The van der Waals surface area contributed by atoms with Crippen molar-refractivity contribution in [1.82, 2.24) is 25.0 Å². The number of hydrogen-bond donors (Lipinski definition) is 1. The predicted octanol–water partition coefficient (Wildman–Crippen LogP) is 3.18. The molecule has 0 aliphatic carbocycles. The number of hydrogen-bond acceptors (Lipinski definition) is 7. The number of nitrogens with zero attached hydrogens (tertiary/aromatic N) is 5. The van der Waals surface area contributed by atoms with Crippen molar-refractivity contribution in [1.29, 1.82) is 0 Å². The number of halogens is 6. The molecule has 1 unspecified atom stereocenters. The molecule has 0 radical (unpaired) electrons. The summed E-state index contributed by atoms with van der Waals surface area (Å²) in [5, 5.41) is 6.03. The van der Waals surface area contributed by atoms with E-state index in [4.69, 9.17) is 0 Å². The van der Waals surface area contributed by atoms with Crippen molar-refractivity contribution < 1.29 is 31.1 Å². The fourth-order valence-corrected chi connectivity index (χ4v) is 5.28. The molecule has 2 aliphatic rings. The lowest BCUT2D eigenvalue weighted by Crippen LogP contribution is -2.49. The van der Waals surface area contributed by atoms with Crippen molar-refractivity contribution in [2.45, 2.75) is 37.5 Å². The molecular weight excluding hydrogens is 514 g/mol. The molecule has 2 aliphatic heterocycles. The normalized spacial score (nSPS) is 20.1. The highest BCUT2D eigenvalue weighted by Gasteiger charge is 2.36. The van der Waals surface area contributed by atoms with E-state index in [-0.39, 0.29) is 29.1 Å². The number of thiazole rings is 1. The van der Waals surface area contributed by atoms with Crippen molar-refractivity contribution in [2.75, 3.05) is 50.7 Å². The highest BCUT2D eigenvalue weighted by atomic mass is 32.1. The van der Waals surface area contributed by atoms with E-state index in [0.29, 0.717) is 70.0 Å². The number of aromatic nitrogens is 3. The summed E-state index contributed by atoms with van der Waals surface area (Å²) < 4.78 is 77.7. The van der Waals surface area contributed by atoms with Gasteiger partial charge in [-0.25, -0.2) is 10.1 Å². The molecule has 36 heavy (non-hydrogen) atoms. The number of piperazine rings is 1. The molecule has 2 fully saturated rings. The largest absolute Gasteiger partial charge is 0.427 e. The molecule has 1 amide bonds. The molecule has 2 aromatic rings. The van der Waals surface area contributed by atoms with Crippen molar-refractivity contribution in [3.8, 4) is 0 Å². The van der Waals surface area contributed by atoms with Crippen molar-refractivity contribution in [2.24, 2.45) is 0 Å². The fourth-order valence-electron chi connectivity index (χ4n) is 4.44. The average Bonchev–Trinajstić information content (AvgIpc) is 3.34. The van der Waals surface area contributed by atoms with E-state index < -0.39 is 28.4 Å². The van der Waals surface area contributed by atoms with Crippen LogP contribution in [0.3, 0.4) is 0 Å². The monoisotopic (exact) mass is 538 g/mol. The Balaban J connectivity index is 1.27. The molecule has 15 heteroatoms. The number of piperidine rings is 1. The summed E-state index contributed by atoms with van der Waals surface area (Å²) in [7, 11) is 0. The first kappa shape index (κ1) is 26.4. The van der Waals surface area contributed by atoms with E-state index in [2.05, 4.69) is 10.1 Å². The lowest BCUT2D eigenvalue weighted by molar-refractivity contribution is -0.139. The number of alkyl halides is 6. The third-order valence-corrected chi connectivity index (χ3v) is 7.47. The van der Waals surface area contributed by atoms with Gasteiger partial charge in [-0.05, 0) is 25.5 Å². The molecule has 0 saturated carbocycles. The van der Waals surface area contributed by atoms with Gasteiger partial charge in [0.05, 0.1) is 11.9 Å². The van der Waals surface area contributed by atoms with Crippen LogP contribution in [0.2, 0.25) is 0 Å². The van der Waals surface area contributed by atoms with E-state index >= 15 is 0 Å². The van der Waals surface area contributed by atoms with Gasteiger partial charge in [-0.1, -0.05) is 11.3 Å². The lowest BCUT2D eigenvalue weighted by Gasteiger charge is -2.36. The molecule has 198 valence electrons. The summed E-state index contributed by atoms with van der Waals surface area (Å²) in [5.41, 5.74) is -2.38. The molecular formula is C21H24F6N6O2S. The van der Waals surface area contributed by atoms with Crippen LogP contribution in [0, 0.1) is 0 Å². The third-order valence-electron chi connectivity index (χ3n) is 6.37. The van der Waals surface area contributed by atoms with Gasteiger partial charge < -0.3 is 14.7 Å². The zero-order valence-corrected chi connectivity index (χ0v) is 19.8. The molecule has 2 saturated heterocycles. The van der Waals surface area contributed by atoms with Gasteiger partial charge in [0, 0.05) is 51.6 Å². The van der Waals surface area contributed by atoms with Gasteiger partial charge in [-0.2, -0.15) is 31.4 Å². The number of likely N-dealkylation sites (tertiary alicyclic amines) is 1. The van der Waals surface area contributed by atoms with Gasteiger partial charge in [0.2, 0.25) is 5.91 Å². The van der Waals surface area contributed by atoms with E-state index in [1.54, 1.807) is 9.80 Å². The smallest absolute Gasteiger partial charge is 0.345 e. The molecule has 0 bridgehead atoms. The van der Waals surface area contributed by atoms with Crippen molar-refractivity contribution >= 4 is 22.4 Å². The summed E-state index contributed by atoms with van der Waals surface area (Å²) in [6, 6.07) is 0.803. The van der Waals surface area contributed by atoms with Crippen LogP contribution < -0.4 is 10.5 Å². The standard InChI is InChI=1S/C21H24F6N6O2S/c22-20(23,24)14-10-15(29-30-18(14)35)13-2-1-4-31(12-13)5-3-17(34)32-6-8-33(9-7-32)19-28-11-16(36-19)21(25,26)27/h10-11,13H,1-9,12H2,(H,30,35). The Morgan fingerprint density at radius 2 is 1.81 bits per heavy atom. The highest BCUT2D eigenvalue weighted by molar-refractivity contribution is 7.15. The molecule has 1 atom stereocenters. The number of carbonyl (C=O) groups is 1. The number of nitrogens with one attached hydrogen (secondary N) is 1. The van der Waals surface area contributed by atoms with Crippen LogP contribution in [0.4, 0.5) is 31.5 Å². The highest BCUT2D eigenvalue weighted by Crippen LogP contribution is 2.36. The van der Waals surface area contributed by atoms with Gasteiger partial charge in [0.1, 0.15) is 10.4 Å². The maximum absolute atomic E-state index is 13.1. The molecule has 1 N–H and O–H groups in total. The first-order valence-electron chi connectivity index (χ1n) is 11.4. The van der Waals surface area contributed by atoms with Gasteiger partial charge in [-0.3, -0.25) is 9.59 Å². The Morgan fingerprint density at radius 1 is 1.08 bits per heavy atom. The fraction of sp³-hybridized carbons (Fsp3) is 0.619.